The Morgan fingerprint density at radius 3 is 2.53 bits per heavy atom. The SMILES string of the molecule is COCCNC(=O)[C@@H]1C[C@@H]2CN(C(=O)C3CC3)CC(=O)N2[C@@H]1c1ccc(OC)cc1. The highest BCUT2D eigenvalue weighted by atomic mass is 16.5. The molecule has 4 rings (SSSR count). The molecule has 1 aromatic carbocycles. The first-order valence-corrected chi connectivity index (χ1v) is 10.5. The van der Waals surface area contributed by atoms with Crippen molar-refractivity contribution in [3.05, 3.63) is 29.8 Å². The van der Waals surface area contributed by atoms with Gasteiger partial charge in [-0.25, -0.2) is 0 Å². The van der Waals surface area contributed by atoms with Crippen LogP contribution in [0.15, 0.2) is 24.3 Å². The van der Waals surface area contributed by atoms with Crippen molar-refractivity contribution in [1.82, 2.24) is 15.1 Å². The molecule has 3 aliphatic rings. The first kappa shape index (κ1) is 20.7. The van der Waals surface area contributed by atoms with E-state index in [1.807, 2.05) is 29.2 Å². The Kier molecular flexibility index (Phi) is 5.94. The summed E-state index contributed by atoms with van der Waals surface area (Å²) in [6, 6.07) is 7.01. The van der Waals surface area contributed by atoms with Crippen molar-refractivity contribution >= 4 is 17.7 Å². The van der Waals surface area contributed by atoms with Gasteiger partial charge in [0.2, 0.25) is 17.7 Å². The van der Waals surface area contributed by atoms with Gasteiger partial charge in [0.05, 0.1) is 38.3 Å². The van der Waals surface area contributed by atoms with Crippen LogP contribution in [0.4, 0.5) is 0 Å². The lowest BCUT2D eigenvalue weighted by Gasteiger charge is -2.40. The highest BCUT2D eigenvalue weighted by molar-refractivity contribution is 5.90. The van der Waals surface area contributed by atoms with Crippen LogP contribution in [-0.2, 0) is 19.1 Å². The summed E-state index contributed by atoms with van der Waals surface area (Å²) in [4.78, 5) is 42.2. The summed E-state index contributed by atoms with van der Waals surface area (Å²) >= 11 is 0. The van der Waals surface area contributed by atoms with Gasteiger partial charge < -0.3 is 24.6 Å². The molecule has 2 aliphatic heterocycles. The van der Waals surface area contributed by atoms with Crippen LogP contribution in [0.3, 0.4) is 0 Å². The highest BCUT2D eigenvalue weighted by Crippen LogP contribution is 2.44. The molecule has 2 saturated heterocycles. The number of carbonyl (C=O) groups is 3. The van der Waals surface area contributed by atoms with Crippen molar-refractivity contribution in [2.24, 2.45) is 11.8 Å². The summed E-state index contributed by atoms with van der Waals surface area (Å²) < 4.78 is 10.3. The van der Waals surface area contributed by atoms with Crippen molar-refractivity contribution in [2.75, 3.05) is 40.5 Å². The van der Waals surface area contributed by atoms with E-state index in [4.69, 9.17) is 9.47 Å². The third kappa shape index (κ3) is 4.01. The standard InChI is InChI=1S/C22H29N3O5/c1-29-10-9-23-21(27)18-11-16-12-24(22(28)15-3-4-15)13-19(26)25(16)20(18)14-5-7-17(30-2)8-6-14/h5-8,15-16,18,20H,3-4,9-13H2,1-2H3,(H,23,27)/t16-,18-,20-/m1/s1. The van der Waals surface area contributed by atoms with Gasteiger partial charge in [0.1, 0.15) is 5.75 Å². The van der Waals surface area contributed by atoms with Crippen molar-refractivity contribution in [1.29, 1.82) is 0 Å². The van der Waals surface area contributed by atoms with Gasteiger partial charge in [-0.05, 0) is 37.0 Å². The van der Waals surface area contributed by atoms with Crippen LogP contribution in [0, 0.1) is 11.8 Å². The van der Waals surface area contributed by atoms with Gasteiger partial charge in [0, 0.05) is 26.1 Å². The second kappa shape index (κ2) is 8.63. The maximum Gasteiger partial charge on any atom is 0.243 e. The summed E-state index contributed by atoms with van der Waals surface area (Å²) in [5, 5.41) is 2.93. The predicted molar refractivity (Wildman–Crippen MR) is 109 cm³/mol. The Bertz CT molecular complexity index is 807. The molecule has 3 atom stereocenters. The van der Waals surface area contributed by atoms with Gasteiger partial charge in [-0.1, -0.05) is 12.1 Å². The predicted octanol–water partition coefficient (Wildman–Crippen LogP) is 0.968. The minimum Gasteiger partial charge on any atom is -0.497 e. The minimum absolute atomic E-state index is 0.0799. The fraction of sp³-hybridized carbons (Fsp3) is 0.591. The number of amides is 3. The van der Waals surface area contributed by atoms with Gasteiger partial charge in [0.25, 0.3) is 0 Å². The smallest absolute Gasteiger partial charge is 0.243 e. The highest BCUT2D eigenvalue weighted by Gasteiger charge is 2.51. The Labute approximate surface area is 176 Å². The van der Waals surface area contributed by atoms with E-state index in [-0.39, 0.29) is 48.2 Å². The summed E-state index contributed by atoms with van der Waals surface area (Å²) in [5.74, 6) is 0.331. The molecule has 3 amide bonds. The average Bonchev–Trinajstić information content (AvgIpc) is 3.53. The molecule has 162 valence electrons. The first-order valence-electron chi connectivity index (χ1n) is 10.5. The summed E-state index contributed by atoms with van der Waals surface area (Å²) in [6.07, 6.45) is 2.36. The molecule has 0 bridgehead atoms. The molecular formula is C22H29N3O5. The number of benzene rings is 1. The lowest BCUT2D eigenvalue weighted by atomic mass is 9.92. The third-order valence-corrected chi connectivity index (χ3v) is 6.28. The van der Waals surface area contributed by atoms with Crippen molar-refractivity contribution in [2.45, 2.75) is 31.3 Å². The quantitative estimate of drug-likeness (QED) is 0.671. The number of methoxy groups -OCH3 is 2. The monoisotopic (exact) mass is 415 g/mol. The molecule has 8 nitrogen and oxygen atoms in total. The molecule has 8 heteroatoms. The van der Waals surface area contributed by atoms with Crippen LogP contribution in [0.25, 0.3) is 0 Å². The molecule has 1 saturated carbocycles. The number of nitrogens with zero attached hydrogens (tertiary/aromatic N) is 2. The molecule has 0 unspecified atom stereocenters. The molecular weight excluding hydrogens is 386 g/mol. The van der Waals surface area contributed by atoms with E-state index < -0.39 is 0 Å². The third-order valence-electron chi connectivity index (χ3n) is 6.28. The molecule has 30 heavy (non-hydrogen) atoms. The van der Waals surface area contributed by atoms with Gasteiger partial charge >= 0.3 is 0 Å². The van der Waals surface area contributed by atoms with Gasteiger partial charge in [-0.3, -0.25) is 14.4 Å². The second-order valence-corrected chi connectivity index (χ2v) is 8.29. The summed E-state index contributed by atoms with van der Waals surface area (Å²) in [5.41, 5.74) is 0.903. The Hall–Kier alpha value is -2.61. The van der Waals surface area contributed by atoms with Crippen LogP contribution >= 0.6 is 0 Å². The van der Waals surface area contributed by atoms with E-state index in [1.165, 1.54) is 0 Å². The summed E-state index contributed by atoms with van der Waals surface area (Å²) in [6.45, 7) is 1.44. The fourth-order valence-electron chi connectivity index (χ4n) is 4.65. The number of hydrogen-bond acceptors (Lipinski definition) is 5. The van der Waals surface area contributed by atoms with Gasteiger partial charge in [-0.15, -0.1) is 0 Å². The number of piperazine rings is 1. The van der Waals surface area contributed by atoms with E-state index >= 15 is 0 Å². The molecule has 0 radical (unpaired) electrons. The van der Waals surface area contributed by atoms with Crippen LogP contribution in [-0.4, -0.2) is 74.0 Å². The number of carbonyl (C=O) groups excluding carboxylic acids is 3. The number of fused-ring (bicyclic) bond motifs is 1. The molecule has 1 aliphatic carbocycles. The molecule has 2 heterocycles. The van der Waals surface area contributed by atoms with Crippen LogP contribution < -0.4 is 10.1 Å². The number of nitrogens with one attached hydrogen (secondary N) is 1. The number of rotatable bonds is 7. The Morgan fingerprint density at radius 2 is 1.90 bits per heavy atom. The molecule has 1 aromatic rings. The van der Waals surface area contributed by atoms with Crippen LogP contribution in [0.2, 0.25) is 0 Å². The van der Waals surface area contributed by atoms with E-state index in [9.17, 15) is 14.4 Å². The topological polar surface area (TPSA) is 88.2 Å². The number of hydrogen-bond donors (Lipinski definition) is 1. The maximum atomic E-state index is 13.1. The maximum absolute atomic E-state index is 13.1. The van der Waals surface area contributed by atoms with Crippen molar-refractivity contribution in [3.8, 4) is 5.75 Å². The zero-order chi connectivity index (χ0) is 21.3. The minimum atomic E-state index is -0.375. The van der Waals surface area contributed by atoms with Gasteiger partial charge in [0.15, 0.2) is 0 Å². The normalized spacial score (nSPS) is 25.8. The Morgan fingerprint density at radius 1 is 1.17 bits per heavy atom. The van der Waals surface area contributed by atoms with E-state index in [0.717, 1.165) is 24.2 Å². The lowest BCUT2D eigenvalue weighted by molar-refractivity contribution is -0.149. The largest absolute Gasteiger partial charge is 0.497 e. The van der Waals surface area contributed by atoms with Crippen molar-refractivity contribution < 1.29 is 23.9 Å². The lowest BCUT2D eigenvalue weighted by Crippen LogP contribution is -2.56. The zero-order valence-corrected chi connectivity index (χ0v) is 17.5. The molecule has 0 spiro atoms. The second-order valence-electron chi connectivity index (χ2n) is 8.29. The van der Waals surface area contributed by atoms with Crippen LogP contribution in [0.1, 0.15) is 30.9 Å². The molecule has 3 fully saturated rings. The molecule has 0 aromatic heterocycles. The van der Waals surface area contributed by atoms with Gasteiger partial charge in [-0.2, -0.15) is 0 Å². The first-order chi connectivity index (χ1) is 14.5. The average molecular weight is 415 g/mol. The zero-order valence-electron chi connectivity index (χ0n) is 17.5. The molecule has 1 N–H and O–H groups in total. The Balaban J connectivity index is 1.58. The van der Waals surface area contributed by atoms with E-state index in [1.54, 1.807) is 19.1 Å². The van der Waals surface area contributed by atoms with Crippen LogP contribution in [0.5, 0.6) is 5.75 Å². The van der Waals surface area contributed by atoms with E-state index in [2.05, 4.69) is 5.32 Å². The fourth-order valence-corrected chi connectivity index (χ4v) is 4.65. The van der Waals surface area contributed by atoms with E-state index in [0.29, 0.717) is 26.1 Å². The number of ether oxygens (including phenoxy) is 2. The van der Waals surface area contributed by atoms with Crippen molar-refractivity contribution in [3.63, 3.8) is 0 Å². The summed E-state index contributed by atoms with van der Waals surface area (Å²) in [7, 11) is 3.19.